The molecule has 4 nitrogen and oxygen atoms in total. The Bertz CT molecular complexity index is 685. The lowest BCUT2D eigenvalue weighted by molar-refractivity contribution is -0.115. The number of aliphatic hydroxyl groups is 1. The second kappa shape index (κ2) is 9.25. The maximum Gasteiger partial charge on any atom is 0.182 e. The fourth-order valence-corrected chi connectivity index (χ4v) is 2.71. The van der Waals surface area contributed by atoms with Crippen LogP contribution in [0.2, 0.25) is 0 Å². The number of carbonyl (C=O) groups is 2. The van der Waals surface area contributed by atoms with E-state index in [0.717, 1.165) is 5.56 Å². The van der Waals surface area contributed by atoms with E-state index < -0.39 is 6.10 Å². The maximum absolute atomic E-state index is 12.1. The molecule has 0 amide bonds. The van der Waals surface area contributed by atoms with Crippen molar-refractivity contribution in [2.24, 2.45) is 5.92 Å². The lowest BCUT2D eigenvalue weighted by atomic mass is 9.85. The molecule has 0 bridgehead atoms. The van der Waals surface area contributed by atoms with Gasteiger partial charge in [0.15, 0.2) is 11.6 Å². The highest BCUT2D eigenvalue weighted by atomic mass is 16.5. The van der Waals surface area contributed by atoms with Crippen LogP contribution in [-0.4, -0.2) is 29.4 Å². The molecule has 1 aliphatic carbocycles. The molecule has 1 N–H and O–H groups in total. The SMILES string of the molecule is C=C[C@@H](CC[C@@H](O)COCc1ccccc1)C1=CC(=O)C(C)=CC1=O. The highest BCUT2D eigenvalue weighted by molar-refractivity contribution is 6.20. The number of rotatable bonds is 9. The topological polar surface area (TPSA) is 63.6 Å². The normalized spacial score (nSPS) is 16.9. The Morgan fingerprint density at radius 1 is 1.12 bits per heavy atom. The van der Waals surface area contributed by atoms with Crippen LogP contribution in [-0.2, 0) is 20.9 Å². The molecular weight excluding hydrogens is 316 g/mol. The summed E-state index contributed by atoms with van der Waals surface area (Å²) in [5.74, 6) is -0.547. The first-order valence-electron chi connectivity index (χ1n) is 8.42. The van der Waals surface area contributed by atoms with Crippen LogP contribution in [0.25, 0.3) is 0 Å². The predicted octanol–water partition coefficient (Wildman–Crippen LogP) is 3.17. The predicted molar refractivity (Wildman–Crippen MR) is 96.9 cm³/mol. The molecule has 0 aliphatic heterocycles. The zero-order valence-electron chi connectivity index (χ0n) is 14.5. The summed E-state index contributed by atoms with van der Waals surface area (Å²) < 4.78 is 5.52. The van der Waals surface area contributed by atoms with Gasteiger partial charge in [-0.25, -0.2) is 0 Å². The Kier molecular flexibility index (Phi) is 7.04. The van der Waals surface area contributed by atoms with Crippen LogP contribution < -0.4 is 0 Å². The monoisotopic (exact) mass is 340 g/mol. The number of ether oxygens (including phenoxy) is 1. The van der Waals surface area contributed by atoms with Crippen molar-refractivity contribution < 1.29 is 19.4 Å². The van der Waals surface area contributed by atoms with Gasteiger partial charge in [0, 0.05) is 17.1 Å². The summed E-state index contributed by atoms with van der Waals surface area (Å²) in [6.07, 6.45) is 4.79. The van der Waals surface area contributed by atoms with Gasteiger partial charge in [-0.15, -0.1) is 6.58 Å². The van der Waals surface area contributed by atoms with Gasteiger partial charge in [-0.2, -0.15) is 0 Å². The third-order valence-electron chi connectivity index (χ3n) is 4.22. The Labute approximate surface area is 148 Å². The highest BCUT2D eigenvalue weighted by Gasteiger charge is 2.23. The van der Waals surface area contributed by atoms with Crippen LogP contribution in [0.1, 0.15) is 25.3 Å². The Morgan fingerprint density at radius 2 is 1.84 bits per heavy atom. The summed E-state index contributed by atoms with van der Waals surface area (Å²) in [5, 5.41) is 10.1. The van der Waals surface area contributed by atoms with Gasteiger partial charge in [-0.3, -0.25) is 9.59 Å². The average Bonchev–Trinajstić information content (AvgIpc) is 2.60. The van der Waals surface area contributed by atoms with Gasteiger partial charge in [0.2, 0.25) is 0 Å². The molecule has 0 spiro atoms. The lowest BCUT2D eigenvalue weighted by Crippen LogP contribution is -2.20. The minimum atomic E-state index is -0.626. The van der Waals surface area contributed by atoms with E-state index in [1.807, 2.05) is 30.3 Å². The first-order chi connectivity index (χ1) is 12.0. The Hall–Kier alpha value is -2.30. The summed E-state index contributed by atoms with van der Waals surface area (Å²) in [6, 6.07) is 9.75. The van der Waals surface area contributed by atoms with Crippen molar-refractivity contribution >= 4 is 11.6 Å². The number of ketones is 2. The van der Waals surface area contributed by atoms with Crippen LogP contribution >= 0.6 is 0 Å². The molecule has 2 rings (SSSR count). The lowest BCUT2D eigenvalue weighted by Gasteiger charge is -2.19. The molecule has 0 aromatic heterocycles. The fraction of sp³-hybridized carbons (Fsp3) is 0.333. The third kappa shape index (κ3) is 5.62. The van der Waals surface area contributed by atoms with Crippen molar-refractivity contribution in [2.75, 3.05) is 6.61 Å². The number of allylic oxidation sites excluding steroid dienone is 5. The minimum absolute atomic E-state index is 0.145. The van der Waals surface area contributed by atoms with Crippen LogP contribution in [0.4, 0.5) is 0 Å². The maximum atomic E-state index is 12.1. The number of hydrogen-bond acceptors (Lipinski definition) is 4. The molecule has 0 saturated carbocycles. The molecular formula is C21H24O4. The molecule has 132 valence electrons. The van der Waals surface area contributed by atoms with Gasteiger partial charge in [0.05, 0.1) is 19.3 Å². The van der Waals surface area contributed by atoms with Crippen molar-refractivity contribution in [3.05, 3.63) is 71.8 Å². The molecule has 0 heterocycles. The van der Waals surface area contributed by atoms with Gasteiger partial charge >= 0.3 is 0 Å². The van der Waals surface area contributed by atoms with E-state index in [1.54, 1.807) is 13.0 Å². The van der Waals surface area contributed by atoms with E-state index in [4.69, 9.17) is 4.74 Å². The van der Waals surface area contributed by atoms with E-state index in [2.05, 4.69) is 6.58 Å². The standard InChI is InChI=1S/C21H24O4/c1-3-17(19-12-20(23)15(2)11-21(19)24)9-10-18(22)14-25-13-16-7-5-4-6-8-16/h3-8,11-12,17-18,22H,1,9-10,13-14H2,2H3/t17-,18+/m0/s1. The number of carbonyl (C=O) groups excluding carboxylic acids is 2. The molecule has 1 aromatic carbocycles. The molecule has 0 unspecified atom stereocenters. The summed E-state index contributed by atoms with van der Waals surface area (Å²) >= 11 is 0. The number of hydrogen-bond donors (Lipinski definition) is 1. The van der Waals surface area contributed by atoms with E-state index >= 15 is 0 Å². The number of aliphatic hydroxyl groups excluding tert-OH is 1. The first kappa shape index (κ1) is 19.0. The van der Waals surface area contributed by atoms with Crippen LogP contribution in [0.15, 0.2) is 66.3 Å². The van der Waals surface area contributed by atoms with Crippen molar-refractivity contribution in [1.82, 2.24) is 0 Å². The zero-order chi connectivity index (χ0) is 18.2. The molecule has 25 heavy (non-hydrogen) atoms. The summed E-state index contributed by atoms with van der Waals surface area (Å²) in [4.78, 5) is 23.9. The molecule has 1 aliphatic rings. The van der Waals surface area contributed by atoms with Gasteiger partial charge in [0.1, 0.15) is 0 Å². The average molecular weight is 340 g/mol. The van der Waals surface area contributed by atoms with E-state index in [-0.39, 0.29) is 24.1 Å². The van der Waals surface area contributed by atoms with E-state index in [0.29, 0.717) is 30.6 Å². The van der Waals surface area contributed by atoms with E-state index in [1.165, 1.54) is 12.2 Å². The third-order valence-corrected chi connectivity index (χ3v) is 4.22. The quantitative estimate of drug-likeness (QED) is 0.554. The van der Waals surface area contributed by atoms with Gasteiger partial charge < -0.3 is 9.84 Å². The van der Waals surface area contributed by atoms with Crippen molar-refractivity contribution in [3.8, 4) is 0 Å². The van der Waals surface area contributed by atoms with Crippen LogP contribution in [0.5, 0.6) is 0 Å². The summed E-state index contributed by atoms with van der Waals surface area (Å²) in [6.45, 7) is 6.06. The van der Waals surface area contributed by atoms with Gasteiger partial charge in [-0.1, -0.05) is 36.4 Å². The highest BCUT2D eigenvalue weighted by Crippen LogP contribution is 2.24. The van der Waals surface area contributed by atoms with Crippen molar-refractivity contribution in [2.45, 2.75) is 32.5 Å². The molecule has 1 aromatic rings. The van der Waals surface area contributed by atoms with Crippen molar-refractivity contribution in [1.29, 1.82) is 0 Å². The Balaban J connectivity index is 1.80. The second-order valence-corrected chi connectivity index (χ2v) is 6.23. The largest absolute Gasteiger partial charge is 0.391 e. The molecule has 0 fully saturated rings. The Morgan fingerprint density at radius 3 is 2.52 bits per heavy atom. The molecule has 2 atom stereocenters. The van der Waals surface area contributed by atoms with Gasteiger partial charge in [-0.05, 0) is 37.5 Å². The molecule has 4 heteroatoms. The fourth-order valence-electron chi connectivity index (χ4n) is 2.71. The summed E-state index contributed by atoms with van der Waals surface area (Å²) in [5.41, 5.74) is 1.95. The molecule has 0 saturated heterocycles. The van der Waals surface area contributed by atoms with Gasteiger partial charge in [0.25, 0.3) is 0 Å². The first-order valence-corrected chi connectivity index (χ1v) is 8.42. The molecule has 0 radical (unpaired) electrons. The summed E-state index contributed by atoms with van der Waals surface area (Å²) in [7, 11) is 0. The number of benzene rings is 1. The van der Waals surface area contributed by atoms with E-state index in [9.17, 15) is 14.7 Å². The zero-order valence-corrected chi connectivity index (χ0v) is 14.5. The van der Waals surface area contributed by atoms with Crippen LogP contribution in [0, 0.1) is 5.92 Å². The minimum Gasteiger partial charge on any atom is -0.391 e. The smallest absolute Gasteiger partial charge is 0.182 e. The second-order valence-electron chi connectivity index (χ2n) is 6.23. The van der Waals surface area contributed by atoms with Crippen molar-refractivity contribution in [3.63, 3.8) is 0 Å². The van der Waals surface area contributed by atoms with Crippen LogP contribution in [0.3, 0.4) is 0 Å².